The van der Waals surface area contributed by atoms with Gasteiger partial charge in [-0.2, -0.15) is 0 Å². The molecular weight excluding hydrogens is 234 g/mol. The van der Waals surface area contributed by atoms with Gasteiger partial charge in [0.15, 0.2) is 0 Å². The van der Waals surface area contributed by atoms with Crippen molar-refractivity contribution in [1.29, 1.82) is 0 Å². The lowest BCUT2D eigenvalue weighted by Crippen LogP contribution is -2.35. The van der Waals surface area contributed by atoms with Crippen molar-refractivity contribution in [2.75, 3.05) is 12.8 Å². The number of thioether (sulfide) groups is 1. The average Bonchev–Trinajstić information content (AvgIpc) is 2.18. The molecule has 0 bridgehead atoms. The summed E-state index contributed by atoms with van der Waals surface area (Å²) in [4.78, 5) is 11.7. The lowest BCUT2D eigenvalue weighted by Gasteiger charge is -2.10. The van der Waals surface area contributed by atoms with Gasteiger partial charge in [-0.05, 0) is 25.2 Å². The third kappa shape index (κ3) is 4.11. The van der Waals surface area contributed by atoms with Crippen LogP contribution in [0.2, 0.25) is 5.02 Å². The van der Waals surface area contributed by atoms with E-state index >= 15 is 0 Å². The number of aliphatic carboxylic acids is 1. The van der Waals surface area contributed by atoms with Crippen LogP contribution < -0.4 is 5.32 Å². The molecule has 0 aliphatic rings. The van der Waals surface area contributed by atoms with E-state index in [2.05, 4.69) is 5.32 Å². The second kappa shape index (κ2) is 6.00. The molecule has 0 spiro atoms. The van der Waals surface area contributed by atoms with Crippen molar-refractivity contribution in [2.45, 2.75) is 10.9 Å². The first kappa shape index (κ1) is 12.4. The van der Waals surface area contributed by atoms with Crippen LogP contribution in [0.25, 0.3) is 0 Å². The minimum absolute atomic E-state index is 0.478. The Kier molecular flexibility index (Phi) is 4.94. The number of halogens is 1. The Hall–Kier alpha value is -0.710. The maximum atomic E-state index is 10.7. The second-order valence-electron chi connectivity index (χ2n) is 2.95. The molecule has 1 rings (SSSR count). The first-order valence-electron chi connectivity index (χ1n) is 4.42. The highest BCUT2D eigenvalue weighted by Crippen LogP contribution is 2.22. The highest BCUT2D eigenvalue weighted by atomic mass is 35.5. The van der Waals surface area contributed by atoms with Crippen molar-refractivity contribution in [1.82, 2.24) is 5.32 Å². The van der Waals surface area contributed by atoms with Crippen molar-refractivity contribution >= 4 is 29.3 Å². The zero-order valence-corrected chi connectivity index (χ0v) is 9.81. The molecule has 0 radical (unpaired) electrons. The zero-order valence-electron chi connectivity index (χ0n) is 8.24. The van der Waals surface area contributed by atoms with Gasteiger partial charge in [-0.1, -0.05) is 17.7 Å². The maximum absolute atomic E-state index is 10.7. The summed E-state index contributed by atoms with van der Waals surface area (Å²) in [5, 5.41) is 12.2. The number of nitrogens with one attached hydrogen (secondary N) is 1. The Bertz CT molecular complexity index is 346. The monoisotopic (exact) mass is 245 g/mol. The summed E-state index contributed by atoms with van der Waals surface area (Å²) in [6.45, 7) is 0. The van der Waals surface area contributed by atoms with Crippen LogP contribution in [0.15, 0.2) is 29.2 Å². The van der Waals surface area contributed by atoms with E-state index in [1.807, 2.05) is 18.2 Å². The number of hydrogen-bond donors (Lipinski definition) is 2. The third-order valence-corrected chi connectivity index (χ3v) is 3.18. The van der Waals surface area contributed by atoms with Gasteiger partial charge < -0.3 is 10.4 Å². The summed E-state index contributed by atoms with van der Waals surface area (Å²) in [6, 6.07) is 6.83. The number of benzene rings is 1. The van der Waals surface area contributed by atoms with Crippen LogP contribution in [0.3, 0.4) is 0 Å². The minimum atomic E-state index is -0.841. The molecule has 0 saturated carbocycles. The Labute approximate surface area is 97.8 Å². The third-order valence-electron chi connectivity index (χ3n) is 1.86. The SMILES string of the molecule is CNC(CSc1cccc(Cl)c1)C(=O)O. The van der Waals surface area contributed by atoms with Crippen LogP contribution in [0.4, 0.5) is 0 Å². The lowest BCUT2D eigenvalue weighted by atomic mass is 10.3. The summed E-state index contributed by atoms with van der Waals surface area (Å²) in [5.74, 6) is -0.362. The predicted molar refractivity (Wildman–Crippen MR) is 62.7 cm³/mol. The summed E-state index contributed by atoms with van der Waals surface area (Å²) in [5.41, 5.74) is 0. The molecule has 0 heterocycles. The lowest BCUT2D eigenvalue weighted by molar-refractivity contribution is -0.138. The van der Waals surface area contributed by atoms with Crippen LogP contribution in [0.5, 0.6) is 0 Å². The summed E-state index contributed by atoms with van der Waals surface area (Å²) >= 11 is 7.28. The first-order valence-corrected chi connectivity index (χ1v) is 5.78. The first-order chi connectivity index (χ1) is 7.13. The summed E-state index contributed by atoms with van der Waals surface area (Å²) < 4.78 is 0. The van der Waals surface area contributed by atoms with E-state index in [9.17, 15) is 4.79 Å². The Morgan fingerprint density at radius 2 is 2.40 bits per heavy atom. The number of likely N-dealkylation sites (N-methyl/N-ethyl adjacent to an activating group) is 1. The molecule has 1 aromatic rings. The van der Waals surface area contributed by atoms with Crippen molar-refractivity contribution in [3.8, 4) is 0 Å². The van der Waals surface area contributed by atoms with Crippen molar-refractivity contribution < 1.29 is 9.90 Å². The molecule has 0 saturated heterocycles. The van der Waals surface area contributed by atoms with Crippen LogP contribution in [0, 0.1) is 0 Å². The molecule has 0 aliphatic heterocycles. The standard InChI is InChI=1S/C10H12ClNO2S/c1-12-9(10(13)14)6-15-8-4-2-3-7(11)5-8/h2-5,9,12H,6H2,1H3,(H,13,14). The van der Waals surface area contributed by atoms with Gasteiger partial charge in [0.2, 0.25) is 0 Å². The van der Waals surface area contributed by atoms with Gasteiger partial charge in [0.25, 0.3) is 0 Å². The minimum Gasteiger partial charge on any atom is -0.480 e. The normalized spacial score (nSPS) is 12.4. The van der Waals surface area contributed by atoms with E-state index in [4.69, 9.17) is 16.7 Å². The molecule has 0 aliphatic carbocycles. The van der Waals surface area contributed by atoms with Crippen LogP contribution >= 0.6 is 23.4 Å². The number of carboxylic acid groups (broad SMARTS) is 1. The number of hydrogen-bond acceptors (Lipinski definition) is 3. The fourth-order valence-electron chi connectivity index (χ4n) is 1.01. The fourth-order valence-corrected chi connectivity index (χ4v) is 2.32. The summed E-state index contributed by atoms with van der Waals surface area (Å²) in [7, 11) is 1.64. The summed E-state index contributed by atoms with van der Waals surface area (Å²) in [6.07, 6.45) is 0. The fraction of sp³-hybridized carbons (Fsp3) is 0.300. The average molecular weight is 246 g/mol. The molecule has 3 nitrogen and oxygen atoms in total. The molecule has 15 heavy (non-hydrogen) atoms. The molecule has 2 N–H and O–H groups in total. The molecule has 1 aromatic carbocycles. The number of carbonyl (C=O) groups is 1. The number of rotatable bonds is 5. The Balaban J connectivity index is 2.52. The molecular formula is C10H12ClNO2S. The molecule has 0 amide bonds. The Morgan fingerprint density at radius 3 is 2.93 bits per heavy atom. The quantitative estimate of drug-likeness (QED) is 0.780. The topological polar surface area (TPSA) is 49.3 Å². The highest BCUT2D eigenvalue weighted by molar-refractivity contribution is 7.99. The van der Waals surface area contributed by atoms with E-state index in [1.54, 1.807) is 13.1 Å². The number of carboxylic acids is 1. The van der Waals surface area contributed by atoms with Crippen LogP contribution in [0.1, 0.15) is 0 Å². The van der Waals surface area contributed by atoms with Gasteiger partial charge in [-0.25, -0.2) is 0 Å². The largest absolute Gasteiger partial charge is 0.480 e. The molecule has 0 fully saturated rings. The second-order valence-corrected chi connectivity index (χ2v) is 4.48. The Morgan fingerprint density at radius 1 is 1.67 bits per heavy atom. The van der Waals surface area contributed by atoms with E-state index in [0.29, 0.717) is 10.8 Å². The highest BCUT2D eigenvalue weighted by Gasteiger charge is 2.14. The molecule has 1 atom stereocenters. The van der Waals surface area contributed by atoms with Gasteiger partial charge in [0.05, 0.1) is 0 Å². The van der Waals surface area contributed by atoms with Gasteiger partial charge >= 0.3 is 5.97 Å². The maximum Gasteiger partial charge on any atom is 0.321 e. The van der Waals surface area contributed by atoms with E-state index in [0.717, 1.165) is 4.90 Å². The van der Waals surface area contributed by atoms with E-state index in [-0.39, 0.29) is 0 Å². The molecule has 1 unspecified atom stereocenters. The predicted octanol–water partition coefficient (Wildman–Crippen LogP) is 2.10. The van der Waals surface area contributed by atoms with Crippen LogP contribution in [-0.2, 0) is 4.79 Å². The molecule has 0 aromatic heterocycles. The van der Waals surface area contributed by atoms with Gasteiger partial charge in [-0.3, -0.25) is 4.79 Å². The van der Waals surface area contributed by atoms with Gasteiger partial charge in [-0.15, -0.1) is 11.8 Å². The van der Waals surface area contributed by atoms with Gasteiger partial charge in [0.1, 0.15) is 6.04 Å². The van der Waals surface area contributed by atoms with Crippen molar-refractivity contribution in [2.24, 2.45) is 0 Å². The molecule has 82 valence electrons. The zero-order chi connectivity index (χ0) is 11.3. The van der Waals surface area contributed by atoms with Crippen LogP contribution in [-0.4, -0.2) is 29.9 Å². The molecule has 5 heteroatoms. The van der Waals surface area contributed by atoms with E-state index in [1.165, 1.54) is 11.8 Å². The van der Waals surface area contributed by atoms with E-state index < -0.39 is 12.0 Å². The van der Waals surface area contributed by atoms with Gasteiger partial charge in [0, 0.05) is 15.7 Å². The smallest absolute Gasteiger partial charge is 0.321 e. The van der Waals surface area contributed by atoms with Crippen molar-refractivity contribution in [3.05, 3.63) is 29.3 Å². The van der Waals surface area contributed by atoms with Crippen molar-refractivity contribution in [3.63, 3.8) is 0 Å².